The molecule has 0 bridgehead atoms. The van der Waals surface area contributed by atoms with Gasteiger partial charge in [-0.25, -0.2) is 14.0 Å². The Bertz CT molecular complexity index is 1500. The van der Waals surface area contributed by atoms with Crippen molar-refractivity contribution in [3.63, 3.8) is 0 Å². The van der Waals surface area contributed by atoms with Gasteiger partial charge in [0.15, 0.2) is 11.5 Å². The van der Waals surface area contributed by atoms with Gasteiger partial charge >= 0.3 is 10.2 Å². The van der Waals surface area contributed by atoms with Crippen LogP contribution in [0.3, 0.4) is 0 Å². The smallest absolute Gasteiger partial charge is 0.326 e. The van der Waals surface area contributed by atoms with Crippen LogP contribution in [0.25, 0.3) is 0 Å². The van der Waals surface area contributed by atoms with Gasteiger partial charge < -0.3 is 24.1 Å². The maximum absolute atomic E-state index is 12.0. The molecule has 1 amide bonds. The normalized spacial score (nSPS) is 17.6. The molecule has 212 valence electrons. The molecule has 2 N–H and O–H groups in total. The molecule has 0 spiro atoms. The Morgan fingerprint density at radius 2 is 1.88 bits per heavy atom. The van der Waals surface area contributed by atoms with E-state index in [0.29, 0.717) is 66.5 Å². The SMILES string of the molecule is Cc1nc(OCCC(C)(C)O)ccc1Oc1cccc2c1OC[C@H]2COc1ccc(N2CC(=O)NS2(=O)=O)cc1. The number of aliphatic hydroxyl groups is 1. The summed E-state index contributed by atoms with van der Waals surface area (Å²) in [5.41, 5.74) is 1.18. The topological polar surface area (TPSA) is 137 Å². The fraction of sp³-hybridized carbons (Fsp3) is 0.357. The first-order chi connectivity index (χ1) is 19.0. The van der Waals surface area contributed by atoms with Crippen LogP contribution in [0.1, 0.15) is 37.4 Å². The van der Waals surface area contributed by atoms with E-state index in [-0.39, 0.29) is 12.5 Å². The lowest BCUT2D eigenvalue weighted by Crippen LogP contribution is -2.29. The van der Waals surface area contributed by atoms with Crippen molar-refractivity contribution in [2.45, 2.75) is 38.7 Å². The fourth-order valence-electron chi connectivity index (χ4n) is 4.32. The van der Waals surface area contributed by atoms with Crippen LogP contribution in [0, 0.1) is 6.92 Å². The minimum atomic E-state index is -3.86. The van der Waals surface area contributed by atoms with E-state index in [1.165, 1.54) is 0 Å². The fourth-order valence-corrected chi connectivity index (χ4v) is 5.47. The third-order valence-corrected chi connectivity index (χ3v) is 7.88. The Morgan fingerprint density at radius 3 is 2.55 bits per heavy atom. The van der Waals surface area contributed by atoms with Gasteiger partial charge in [0.1, 0.15) is 18.0 Å². The molecule has 0 aliphatic carbocycles. The molecule has 40 heavy (non-hydrogen) atoms. The Kier molecular flexibility index (Phi) is 7.47. The Labute approximate surface area is 232 Å². The van der Waals surface area contributed by atoms with Crippen LogP contribution in [-0.2, 0) is 15.0 Å². The zero-order valence-electron chi connectivity index (χ0n) is 22.4. The number of carbonyl (C=O) groups excluding carboxylic acids is 1. The lowest BCUT2D eigenvalue weighted by Gasteiger charge is -2.17. The summed E-state index contributed by atoms with van der Waals surface area (Å²) in [4.78, 5) is 15.9. The third-order valence-electron chi connectivity index (χ3n) is 6.47. The molecule has 3 aromatic rings. The average Bonchev–Trinajstić information content (AvgIpc) is 3.43. The van der Waals surface area contributed by atoms with Crippen LogP contribution < -0.4 is 28.0 Å². The predicted octanol–water partition coefficient (Wildman–Crippen LogP) is 3.46. The van der Waals surface area contributed by atoms with E-state index >= 15 is 0 Å². The van der Waals surface area contributed by atoms with Crippen LogP contribution in [-0.4, -0.2) is 56.4 Å². The summed E-state index contributed by atoms with van der Waals surface area (Å²) in [7, 11) is -3.86. The molecule has 2 aliphatic heterocycles. The number of aromatic nitrogens is 1. The predicted molar refractivity (Wildman–Crippen MR) is 146 cm³/mol. The lowest BCUT2D eigenvalue weighted by atomic mass is 10.0. The number of pyridine rings is 1. The van der Waals surface area contributed by atoms with Crippen molar-refractivity contribution in [1.82, 2.24) is 9.71 Å². The summed E-state index contributed by atoms with van der Waals surface area (Å²) in [6.45, 7) is 6.15. The highest BCUT2D eigenvalue weighted by atomic mass is 32.2. The van der Waals surface area contributed by atoms with Crippen molar-refractivity contribution in [2.24, 2.45) is 0 Å². The van der Waals surface area contributed by atoms with Crippen molar-refractivity contribution < 1.29 is 37.3 Å². The second-order valence-electron chi connectivity index (χ2n) is 10.3. The number of fused-ring (bicyclic) bond motifs is 1. The highest BCUT2D eigenvalue weighted by Crippen LogP contribution is 2.43. The van der Waals surface area contributed by atoms with Crippen molar-refractivity contribution in [3.8, 4) is 28.9 Å². The molecule has 1 fully saturated rings. The third kappa shape index (κ3) is 6.23. The summed E-state index contributed by atoms with van der Waals surface area (Å²) in [5, 5.41) is 9.84. The van der Waals surface area contributed by atoms with E-state index in [4.69, 9.17) is 18.9 Å². The first-order valence-corrected chi connectivity index (χ1v) is 14.2. The quantitative estimate of drug-likeness (QED) is 0.376. The molecule has 1 atom stereocenters. The van der Waals surface area contributed by atoms with Crippen molar-refractivity contribution in [3.05, 3.63) is 65.9 Å². The zero-order valence-corrected chi connectivity index (χ0v) is 23.2. The van der Waals surface area contributed by atoms with E-state index in [0.717, 1.165) is 9.87 Å². The molecule has 3 heterocycles. The second kappa shape index (κ2) is 10.9. The number of rotatable bonds is 10. The van der Waals surface area contributed by atoms with Gasteiger partial charge in [-0.1, -0.05) is 12.1 Å². The molecule has 1 aromatic heterocycles. The molecule has 0 saturated carbocycles. The second-order valence-corrected chi connectivity index (χ2v) is 11.9. The van der Waals surface area contributed by atoms with Crippen LogP contribution in [0.4, 0.5) is 5.69 Å². The van der Waals surface area contributed by atoms with Gasteiger partial charge in [-0.05, 0) is 57.2 Å². The molecule has 11 nitrogen and oxygen atoms in total. The number of hydrogen-bond donors (Lipinski definition) is 2. The van der Waals surface area contributed by atoms with Gasteiger partial charge in [0.2, 0.25) is 5.88 Å². The minimum absolute atomic E-state index is 0.0372. The molecule has 0 unspecified atom stereocenters. The summed E-state index contributed by atoms with van der Waals surface area (Å²) in [5.74, 6) is 2.20. The molecule has 12 heteroatoms. The van der Waals surface area contributed by atoms with Crippen molar-refractivity contribution >= 4 is 21.8 Å². The van der Waals surface area contributed by atoms with Gasteiger partial charge in [-0.15, -0.1) is 0 Å². The lowest BCUT2D eigenvalue weighted by molar-refractivity contribution is -0.117. The highest BCUT2D eigenvalue weighted by molar-refractivity contribution is 7.92. The molecule has 1 saturated heterocycles. The number of aryl methyl sites for hydroxylation is 1. The number of nitrogens with one attached hydrogen (secondary N) is 1. The minimum Gasteiger partial charge on any atom is -0.493 e. The molecule has 2 aromatic carbocycles. The maximum atomic E-state index is 12.0. The number of benzene rings is 2. The van der Waals surface area contributed by atoms with E-state index in [2.05, 4.69) is 4.98 Å². The van der Waals surface area contributed by atoms with E-state index in [1.54, 1.807) is 50.2 Å². The summed E-state index contributed by atoms with van der Waals surface area (Å²) in [6.07, 6.45) is 0.485. The monoisotopic (exact) mass is 569 g/mol. The maximum Gasteiger partial charge on any atom is 0.326 e. The highest BCUT2D eigenvalue weighted by Gasteiger charge is 2.34. The van der Waals surface area contributed by atoms with Gasteiger partial charge in [-0.2, -0.15) is 8.42 Å². The average molecular weight is 570 g/mol. The van der Waals surface area contributed by atoms with E-state index in [9.17, 15) is 18.3 Å². The van der Waals surface area contributed by atoms with Gasteiger partial charge in [0.05, 0.1) is 42.7 Å². The first-order valence-electron chi connectivity index (χ1n) is 12.8. The van der Waals surface area contributed by atoms with Crippen molar-refractivity contribution in [2.75, 3.05) is 30.7 Å². The number of hydrogen-bond acceptors (Lipinski definition) is 9. The molecule has 2 aliphatic rings. The standard InChI is InChI=1S/C28H31N3O8S/c1-18-23(11-12-26(29-18)36-14-13-28(2,3)33)39-24-6-4-5-22-19(17-38-27(22)24)16-37-21-9-7-20(8-10-21)31-15-25(32)30-40(31,34)35/h4-12,19,33H,13-17H2,1-3H3,(H,30,32)/t19-/m1/s1. The Hall–Kier alpha value is -4.03. The van der Waals surface area contributed by atoms with Crippen LogP contribution in [0.15, 0.2) is 54.6 Å². The van der Waals surface area contributed by atoms with E-state index in [1.807, 2.05) is 29.8 Å². The number of anilines is 1. The number of carbonyl (C=O) groups is 1. The van der Waals surface area contributed by atoms with Crippen LogP contribution in [0.5, 0.6) is 28.9 Å². The molecular weight excluding hydrogens is 538 g/mol. The van der Waals surface area contributed by atoms with Gasteiger partial charge in [0, 0.05) is 18.1 Å². The zero-order chi connectivity index (χ0) is 28.5. The first kappa shape index (κ1) is 27.5. The van der Waals surface area contributed by atoms with Crippen LogP contribution in [0.2, 0.25) is 0 Å². The Morgan fingerprint density at radius 1 is 1.10 bits per heavy atom. The Balaban J connectivity index is 1.21. The molecular formula is C28H31N3O8S. The summed E-state index contributed by atoms with van der Waals surface area (Å²) in [6, 6.07) is 15.7. The number of para-hydroxylation sites is 1. The van der Waals surface area contributed by atoms with E-state index < -0.39 is 21.7 Å². The number of nitrogens with zero attached hydrogens (tertiary/aromatic N) is 2. The largest absolute Gasteiger partial charge is 0.493 e. The number of amides is 1. The molecule has 5 rings (SSSR count). The molecule has 0 radical (unpaired) electrons. The van der Waals surface area contributed by atoms with Gasteiger partial charge in [0.25, 0.3) is 5.91 Å². The van der Waals surface area contributed by atoms with Crippen molar-refractivity contribution in [1.29, 1.82) is 0 Å². The summed E-state index contributed by atoms with van der Waals surface area (Å²) >= 11 is 0. The number of ether oxygens (including phenoxy) is 4. The van der Waals surface area contributed by atoms with Crippen LogP contribution >= 0.6 is 0 Å². The van der Waals surface area contributed by atoms with Gasteiger partial charge in [-0.3, -0.25) is 4.79 Å². The summed E-state index contributed by atoms with van der Waals surface area (Å²) < 4.78 is 50.8.